The highest BCUT2D eigenvalue weighted by molar-refractivity contribution is 6.05. The lowest BCUT2D eigenvalue weighted by Crippen LogP contribution is -2.43. The Kier molecular flexibility index (Phi) is 4.63. The second kappa shape index (κ2) is 5.99. The molecule has 1 aromatic carbocycles. The molecule has 0 aliphatic carbocycles. The number of benzene rings is 1. The molecule has 0 saturated carbocycles. The largest absolute Gasteiger partial charge is 0.478 e. The van der Waals surface area contributed by atoms with Gasteiger partial charge in [-0.25, -0.2) is 4.79 Å². The molecule has 102 valence electrons. The molecule has 0 radical (unpaired) electrons. The molecule has 3 N–H and O–H groups in total. The number of nitrogens with two attached hydrogens (primary N) is 1. The third-order valence-electron chi connectivity index (χ3n) is 2.60. The quantitative estimate of drug-likeness (QED) is 0.818. The maximum atomic E-state index is 12.3. The Morgan fingerprint density at radius 2 is 1.74 bits per heavy atom. The lowest BCUT2D eigenvalue weighted by molar-refractivity contribution is -0.119. The fraction of sp³-hybridized carbons (Fsp3) is 0.308. The van der Waals surface area contributed by atoms with Crippen molar-refractivity contribution in [2.45, 2.75) is 19.9 Å². The van der Waals surface area contributed by atoms with Gasteiger partial charge in [-0.2, -0.15) is 0 Å². The van der Waals surface area contributed by atoms with Gasteiger partial charge < -0.3 is 15.7 Å². The van der Waals surface area contributed by atoms with E-state index in [-0.39, 0.29) is 23.7 Å². The molecule has 19 heavy (non-hydrogen) atoms. The molecule has 0 aliphatic heterocycles. The highest BCUT2D eigenvalue weighted by Gasteiger charge is 2.24. The van der Waals surface area contributed by atoms with Crippen molar-refractivity contribution in [2.24, 2.45) is 5.73 Å². The van der Waals surface area contributed by atoms with Crippen LogP contribution in [0.25, 0.3) is 0 Å². The van der Waals surface area contributed by atoms with E-state index in [1.54, 1.807) is 19.9 Å². The minimum Gasteiger partial charge on any atom is -0.478 e. The second-order valence-corrected chi connectivity index (χ2v) is 4.34. The lowest BCUT2D eigenvalue weighted by atomic mass is 10.1. The summed E-state index contributed by atoms with van der Waals surface area (Å²) in [5.74, 6) is -2.35. The van der Waals surface area contributed by atoms with Crippen LogP contribution < -0.4 is 5.73 Å². The molecular formula is C13H16N2O4. The van der Waals surface area contributed by atoms with E-state index >= 15 is 0 Å². The monoisotopic (exact) mass is 264 g/mol. The van der Waals surface area contributed by atoms with E-state index in [1.165, 1.54) is 23.1 Å². The van der Waals surface area contributed by atoms with Crippen molar-refractivity contribution < 1.29 is 19.5 Å². The number of hydrogen-bond donors (Lipinski definition) is 2. The summed E-state index contributed by atoms with van der Waals surface area (Å²) in [5, 5.41) is 9.05. The van der Waals surface area contributed by atoms with E-state index in [9.17, 15) is 14.4 Å². The maximum Gasteiger partial charge on any atom is 0.336 e. The number of nitrogens with zero attached hydrogens (tertiary/aromatic N) is 1. The number of amides is 2. The third-order valence-corrected chi connectivity index (χ3v) is 2.60. The number of primary amides is 1. The first-order chi connectivity index (χ1) is 8.84. The van der Waals surface area contributed by atoms with Crippen molar-refractivity contribution in [3.63, 3.8) is 0 Å². The van der Waals surface area contributed by atoms with Gasteiger partial charge in [0.2, 0.25) is 5.91 Å². The summed E-state index contributed by atoms with van der Waals surface area (Å²) >= 11 is 0. The molecule has 0 atom stereocenters. The average Bonchev–Trinajstić information content (AvgIpc) is 2.34. The SMILES string of the molecule is CC(C)N(CC(N)=O)C(=O)c1ccccc1C(=O)O. The van der Waals surface area contributed by atoms with Gasteiger partial charge in [-0.05, 0) is 26.0 Å². The lowest BCUT2D eigenvalue weighted by Gasteiger charge is -2.25. The van der Waals surface area contributed by atoms with Gasteiger partial charge in [0.1, 0.15) is 0 Å². The van der Waals surface area contributed by atoms with Crippen LogP contribution in [0.2, 0.25) is 0 Å². The topological polar surface area (TPSA) is 101 Å². The molecule has 0 aromatic heterocycles. The predicted molar refractivity (Wildman–Crippen MR) is 68.8 cm³/mol. The molecule has 0 saturated heterocycles. The molecule has 0 heterocycles. The normalized spacial score (nSPS) is 10.3. The molecular weight excluding hydrogens is 248 g/mol. The summed E-state index contributed by atoms with van der Waals surface area (Å²) in [5.41, 5.74) is 5.05. The zero-order valence-corrected chi connectivity index (χ0v) is 10.8. The molecule has 6 heteroatoms. The van der Waals surface area contributed by atoms with Crippen LogP contribution in [0.5, 0.6) is 0 Å². The Balaban J connectivity index is 3.16. The molecule has 2 amide bonds. The summed E-state index contributed by atoms with van der Waals surface area (Å²) in [4.78, 5) is 35.6. The van der Waals surface area contributed by atoms with Gasteiger partial charge in [0.05, 0.1) is 17.7 Å². The van der Waals surface area contributed by atoms with Crippen molar-refractivity contribution >= 4 is 17.8 Å². The van der Waals surface area contributed by atoms with E-state index in [4.69, 9.17) is 10.8 Å². The average molecular weight is 264 g/mol. The second-order valence-electron chi connectivity index (χ2n) is 4.34. The van der Waals surface area contributed by atoms with Crippen molar-refractivity contribution in [1.82, 2.24) is 4.90 Å². The summed E-state index contributed by atoms with van der Waals surface area (Å²) < 4.78 is 0. The fourth-order valence-corrected chi connectivity index (χ4v) is 1.67. The fourth-order valence-electron chi connectivity index (χ4n) is 1.67. The van der Waals surface area contributed by atoms with Gasteiger partial charge in [0.25, 0.3) is 5.91 Å². The molecule has 6 nitrogen and oxygen atoms in total. The summed E-state index contributed by atoms with van der Waals surface area (Å²) in [6, 6.07) is 5.61. The van der Waals surface area contributed by atoms with Crippen LogP contribution >= 0.6 is 0 Å². The van der Waals surface area contributed by atoms with Gasteiger partial charge in [0.15, 0.2) is 0 Å². The first-order valence-electron chi connectivity index (χ1n) is 5.76. The van der Waals surface area contributed by atoms with Gasteiger partial charge in [-0.15, -0.1) is 0 Å². The maximum absolute atomic E-state index is 12.3. The smallest absolute Gasteiger partial charge is 0.336 e. The van der Waals surface area contributed by atoms with E-state index in [0.717, 1.165) is 0 Å². The molecule has 0 spiro atoms. The van der Waals surface area contributed by atoms with Gasteiger partial charge in [0, 0.05) is 6.04 Å². The number of aromatic carboxylic acids is 1. The van der Waals surface area contributed by atoms with Crippen molar-refractivity contribution in [2.75, 3.05) is 6.54 Å². The summed E-state index contributed by atoms with van der Waals surface area (Å²) in [6.07, 6.45) is 0. The van der Waals surface area contributed by atoms with Crippen LogP contribution in [0.15, 0.2) is 24.3 Å². The number of carbonyl (C=O) groups excluding carboxylic acids is 2. The number of carboxylic acid groups (broad SMARTS) is 1. The molecule has 0 unspecified atom stereocenters. The molecule has 1 rings (SSSR count). The summed E-state index contributed by atoms with van der Waals surface area (Å²) in [6.45, 7) is 3.21. The first-order valence-corrected chi connectivity index (χ1v) is 5.76. The predicted octanol–water partition coefficient (Wildman–Crippen LogP) is 0.721. The Hall–Kier alpha value is -2.37. The number of carboxylic acids is 1. The third kappa shape index (κ3) is 3.54. The van der Waals surface area contributed by atoms with Crippen LogP contribution in [0, 0.1) is 0 Å². The summed E-state index contributed by atoms with van der Waals surface area (Å²) in [7, 11) is 0. The van der Waals surface area contributed by atoms with Crippen molar-refractivity contribution in [3.05, 3.63) is 35.4 Å². The van der Waals surface area contributed by atoms with Gasteiger partial charge >= 0.3 is 5.97 Å². The Morgan fingerprint density at radius 3 is 2.16 bits per heavy atom. The molecule has 0 fully saturated rings. The highest BCUT2D eigenvalue weighted by Crippen LogP contribution is 2.13. The van der Waals surface area contributed by atoms with E-state index in [2.05, 4.69) is 0 Å². The zero-order valence-electron chi connectivity index (χ0n) is 10.8. The van der Waals surface area contributed by atoms with Crippen molar-refractivity contribution in [1.29, 1.82) is 0 Å². The molecule has 0 aliphatic rings. The standard InChI is InChI=1S/C13H16N2O4/c1-8(2)15(7-11(14)16)12(17)9-5-3-4-6-10(9)13(18)19/h3-6,8H,7H2,1-2H3,(H2,14,16)(H,18,19). The zero-order chi connectivity index (χ0) is 14.6. The minimum atomic E-state index is -1.19. The van der Waals surface area contributed by atoms with E-state index in [0.29, 0.717) is 0 Å². The highest BCUT2D eigenvalue weighted by atomic mass is 16.4. The Labute approximate surface area is 110 Å². The Morgan fingerprint density at radius 1 is 1.21 bits per heavy atom. The van der Waals surface area contributed by atoms with E-state index < -0.39 is 17.8 Å². The van der Waals surface area contributed by atoms with Gasteiger partial charge in [-0.1, -0.05) is 12.1 Å². The minimum absolute atomic E-state index is 0.0463. The number of hydrogen-bond acceptors (Lipinski definition) is 3. The Bertz CT molecular complexity index is 511. The van der Waals surface area contributed by atoms with Crippen LogP contribution in [0.1, 0.15) is 34.6 Å². The van der Waals surface area contributed by atoms with E-state index in [1.807, 2.05) is 0 Å². The van der Waals surface area contributed by atoms with Gasteiger partial charge in [-0.3, -0.25) is 9.59 Å². The number of carbonyl (C=O) groups is 3. The first kappa shape index (κ1) is 14.7. The van der Waals surface area contributed by atoms with Crippen molar-refractivity contribution in [3.8, 4) is 0 Å². The van der Waals surface area contributed by atoms with Crippen LogP contribution in [-0.4, -0.2) is 40.4 Å². The number of rotatable bonds is 5. The van der Waals surface area contributed by atoms with Crippen LogP contribution in [0.3, 0.4) is 0 Å². The van der Waals surface area contributed by atoms with Crippen LogP contribution in [0.4, 0.5) is 0 Å². The van der Waals surface area contributed by atoms with Crippen LogP contribution in [-0.2, 0) is 4.79 Å². The molecule has 1 aromatic rings. The molecule has 0 bridgehead atoms.